The minimum atomic E-state index is -4.75. The Kier molecular flexibility index (Phi) is 5.56. The number of benzene rings is 3. The molecule has 0 aliphatic carbocycles. The molecule has 10 heteroatoms. The van der Waals surface area contributed by atoms with Gasteiger partial charge in [-0.2, -0.15) is 13.2 Å². The lowest BCUT2D eigenvalue weighted by atomic mass is 10.2. The van der Waals surface area contributed by atoms with Gasteiger partial charge in [0.2, 0.25) is 11.7 Å². The first-order valence-electron chi connectivity index (χ1n) is 10.6. The van der Waals surface area contributed by atoms with E-state index in [1.165, 1.54) is 12.1 Å². The maximum absolute atomic E-state index is 13.5. The summed E-state index contributed by atoms with van der Waals surface area (Å²) in [5.74, 6) is -2.31. The smallest absolute Gasteiger partial charge is 0.449 e. The zero-order valence-electron chi connectivity index (χ0n) is 18.1. The van der Waals surface area contributed by atoms with Crippen LogP contribution in [0, 0.1) is 0 Å². The first-order valence-corrected chi connectivity index (χ1v) is 10.6. The van der Waals surface area contributed by atoms with Crippen molar-refractivity contribution in [2.75, 3.05) is 0 Å². The molecule has 0 unspecified atom stereocenters. The van der Waals surface area contributed by atoms with E-state index in [2.05, 4.69) is 15.2 Å². The number of hydrogen-bond donors (Lipinski definition) is 1. The van der Waals surface area contributed by atoms with Crippen LogP contribution in [-0.4, -0.2) is 25.1 Å². The molecular weight excluding hydrogens is 459 g/mol. The van der Waals surface area contributed by atoms with Crippen molar-refractivity contribution >= 4 is 33.5 Å². The summed E-state index contributed by atoms with van der Waals surface area (Å²) in [7, 11) is 0. The summed E-state index contributed by atoms with van der Waals surface area (Å²) in [6, 6.07) is 22.6. The van der Waals surface area contributed by atoms with Gasteiger partial charge < -0.3 is 14.2 Å². The summed E-state index contributed by atoms with van der Waals surface area (Å²) in [5.41, 5.74) is 1.96. The van der Waals surface area contributed by atoms with Crippen LogP contribution in [0.3, 0.4) is 0 Å². The monoisotopic (exact) mass is 477 g/mol. The van der Waals surface area contributed by atoms with Crippen LogP contribution in [-0.2, 0) is 24.1 Å². The molecule has 0 bridgehead atoms. The van der Waals surface area contributed by atoms with Crippen molar-refractivity contribution in [3.05, 3.63) is 90.3 Å². The Morgan fingerprint density at radius 1 is 0.886 bits per heavy atom. The lowest BCUT2D eigenvalue weighted by molar-refractivity contribution is -0.147. The molecule has 0 atom stereocenters. The number of carbonyl (C=O) groups excluding carboxylic acids is 1. The van der Waals surface area contributed by atoms with Crippen LogP contribution >= 0.6 is 0 Å². The van der Waals surface area contributed by atoms with Gasteiger partial charge in [0.05, 0.1) is 23.1 Å². The fourth-order valence-electron chi connectivity index (χ4n) is 4.02. The number of aromatic hydroxyl groups is 1. The summed E-state index contributed by atoms with van der Waals surface area (Å²) in [6.45, 7) is -0.352. The second-order valence-electron chi connectivity index (χ2n) is 7.86. The van der Waals surface area contributed by atoms with Crippen LogP contribution in [0.5, 0.6) is 5.88 Å². The van der Waals surface area contributed by atoms with E-state index < -0.39 is 24.5 Å². The molecule has 0 aliphatic rings. The number of halogens is 3. The summed E-state index contributed by atoms with van der Waals surface area (Å²) in [5, 5.41) is 19.0. The van der Waals surface area contributed by atoms with E-state index in [4.69, 9.17) is 0 Å². The van der Waals surface area contributed by atoms with Crippen LogP contribution in [0.2, 0.25) is 0 Å². The summed E-state index contributed by atoms with van der Waals surface area (Å²) >= 11 is 0. The largest absolute Gasteiger partial charge is 0.493 e. The average molecular weight is 477 g/mol. The van der Waals surface area contributed by atoms with Crippen LogP contribution in [0.15, 0.2) is 89.1 Å². The number of nitrogens with zero attached hydrogens (tertiary/aromatic N) is 5. The lowest BCUT2D eigenvalue weighted by Gasteiger charge is -2.09. The molecule has 7 nitrogen and oxygen atoms in total. The Morgan fingerprint density at radius 3 is 2.29 bits per heavy atom. The van der Waals surface area contributed by atoms with E-state index in [0.29, 0.717) is 17.4 Å². The molecule has 0 spiro atoms. The molecule has 5 aromatic rings. The standard InChI is InChI=1S/C25H18F3N5O2/c26-25(27,28)24-29-18-11-5-7-13-20(18)33(24)15-21(34)30-31-22-17-10-4-6-12-19(17)32(23(22)35)14-16-8-2-1-3-9-16/h1-13,35H,14-15H2. The highest BCUT2D eigenvalue weighted by Gasteiger charge is 2.38. The molecular formula is C25H18F3N5O2. The van der Waals surface area contributed by atoms with Crippen molar-refractivity contribution in [2.24, 2.45) is 10.2 Å². The van der Waals surface area contributed by atoms with Gasteiger partial charge in [0.15, 0.2) is 5.69 Å². The third-order valence-electron chi connectivity index (χ3n) is 5.56. The highest BCUT2D eigenvalue weighted by Crippen LogP contribution is 2.39. The minimum absolute atomic E-state index is 0.0661. The molecule has 0 aliphatic heterocycles. The van der Waals surface area contributed by atoms with Crippen molar-refractivity contribution in [3.8, 4) is 5.88 Å². The number of hydrogen-bond acceptors (Lipinski definition) is 4. The molecule has 1 amide bonds. The quantitative estimate of drug-likeness (QED) is 0.312. The molecule has 176 valence electrons. The second-order valence-corrected chi connectivity index (χ2v) is 7.86. The lowest BCUT2D eigenvalue weighted by Crippen LogP contribution is -2.18. The molecule has 1 N–H and O–H groups in total. The highest BCUT2D eigenvalue weighted by molar-refractivity contribution is 5.95. The number of alkyl halides is 3. The number of rotatable bonds is 5. The Balaban J connectivity index is 1.48. The molecule has 0 fully saturated rings. The van der Waals surface area contributed by atoms with E-state index in [9.17, 15) is 23.1 Å². The van der Waals surface area contributed by atoms with E-state index in [-0.39, 0.29) is 22.6 Å². The summed E-state index contributed by atoms with van der Waals surface area (Å²) in [4.78, 5) is 16.2. The summed E-state index contributed by atoms with van der Waals surface area (Å²) in [6.07, 6.45) is -4.75. The van der Waals surface area contributed by atoms with Crippen molar-refractivity contribution < 1.29 is 23.1 Å². The Labute approximate surface area is 196 Å². The molecule has 35 heavy (non-hydrogen) atoms. The maximum Gasteiger partial charge on any atom is 0.449 e. The second kappa shape index (κ2) is 8.71. The number of para-hydroxylation sites is 3. The van der Waals surface area contributed by atoms with Crippen LogP contribution in [0.1, 0.15) is 11.4 Å². The van der Waals surface area contributed by atoms with Crippen molar-refractivity contribution in [3.63, 3.8) is 0 Å². The van der Waals surface area contributed by atoms with Gasteiger partial charge in [-0.25, -0.2) is 4.98 Å². The van der Waals surface area contributed by atoms with E-state index in [1.807, 2.05) is 30.3 Å². The van der Waals surface area contributed by atoms with Crippen molar-refractivity contribution in [2.45, 2.75) is 19.3 Å². The van der Waals surface area contributed by atoms with E-state index in [0.717, 1.165) is 10.1 Å². The van der Waals surface area contributed by atoms with Gasteiger partial charge in [-0.3, -0.25) is 4.79 Å². The predicted molar refractivity (Wildman–Crippen MR) is 123 cm³/mol. The first kappa shape index (κ1) is 22.3. The SMILES string of the molecule is O=C(Cn1c(C(F)(F)F)nc2ccccc21)N=Nc1c(O)n(Cc2ccccc2)c2ccccc12. The van der Waals surface area contributed by atoms with Crippen molar-refractivity contribution in [1.82, 2.24) is 14.1 Å². The minimum Gasteiger partial charge on any atom is -0.493 e. The number of aromatic nitrogens is 3. The Hall–Kier alpha value is -4.47. The van der Waals surface area contributed by atoms with Gasteiger partial charge in [-0.15, -0.1) is 10.2 Å². The average Bonchev–Trinajstić information content (AvgIpc) is 3.34. The topological polar surface area (TPSA) is 84.8 Å². The van der Waals surface area contributed by atoms with Gasteiger partial charge in [0.1, 0.15) is 6.54 Å². The zero-order chi connectivity index (χ0) is 24.6. The third kappa shape index (κ3) is 4.25. The zero-order valence-corrected chi connectivity index (χ0v) is 18.1. The van der Waals surface area contributed by atoms with Crippen molar-refractivity contribution in [1.29, 1.82) is 0 Å². The third-order valence-corrected chi connectivity index (χ3v) is 5.56. The molecule has 5 rings (SSSR count). The van der Waals surface area contributed by atoms with E-state index >= 15 is 0 Å². The van der Waals surface area contributed by atoms with Gasteiger partial charge in [-0.1, -0.05) is 60.7 Å². The number of amides is 1. The Morgan fingerprint density at radius 2 is 1.54 bits per heavy atom. The van der Waals surface area contributed by atoms with Gasteiger partial charge >= 0.3 is 6.18 Å². The van der Waals surface area contributed by atoms with Crippen LogP contribution in [0.4, 0.5) is 18.9 Å². The molecule has 0 saturated carbocycles. The van der Waals surface area contributed by atoms with Gasteiger partial charge in [-0.05, 0) is 23.8 Å². The highest BCUT2D eigenvalue weighted by atomic mass is 19.4. The molecule has 2 heterocycles. The number of imidazole rings is 1. The Bertz CT molecular complexity index is 1570. The fourth-order valence-corrected chi connectivity index (χ4v) is 4.02. The van der Waals surface area contributed by atoms with Gasteiger partial charge in [0, 0.05) is 5.39 Å². The van der Waals surface area contributed by atoms with Crippen LogP contribution < -0.4 is 0 Å². The number of azo groups is 1. The fraction of sp³-hybridized carbons (Fsp3) is 0.120. The van der Waals surface area contributed by atoms with E-state index in [1.54, 1.807) is 41.0 Å². The number of carbonyl (C=O) groups is 1. The number of fused-ring (bicyclic) bond motifs is 2. The normalized spacial score (nSPS) is 12.2. The first-order chi connectivity index (χ1) is 16.8. The summed E-state index contributed by atoms with van der Waals surface area (Å²) < 4.78 is 42.9. The molecule has 3 aromatic carbocycles. The van der Waals surface area contributed by atoms with Crippen LogP contribution in [0.25, 0.3) is 21.9 Å². The molecule has 2 aromatic heterocycles. The molecule has 0 saturated heterocycles. The maximum atomic E-state index is 13.5. The predicted octanol–water partition coefficient (Wildman–Crippen LogP) is 6.07. The molecule has 0 radical (unpaired) electrons. The van der Waals surface area contributed by atoms with Gasteiger partial charge in [0.25, 0.3) is 5.91 Å².